The van der Waals surface area contributed by atoms with Crippen molar-refractivity contribution < 1.29 is 8.78 Å². The fourth-order valence-corrected chi connectivity index (χ4v) is 1.52. The maximum atomic E-state index is 12.5. The quantitative estimate of drug-likeness (QED) is 0.747. The smallest absolute Gasteiger partial charge is 0.245 e. The zero-order valence-electron chi connectivity index (χ0n) is 6.68. The average Bonchev–Trinajstić information content (AvgIpc) is 2.08. The van der Waals surface area contributed by atoms with Crippen LogP contribution < -0.4 is 0 Å². The molecule has 0 aliphatic carbocycles. The van der Waals surface area contributed by atoms with Crippen molar-refractivity contribution in [3.8, 4) is 6.07 Å². The Kier molecular flexibility index (Phi) is 3.14. The first kappa shape index (κ1) is 10.3. The third kappa shape index (κ3) is 1.94. The van der Waals surface area contributed by atoms with Crippen molar-refractivity contribution in [3.63, 3.8) is 0 Å². The summed E-state index contributed by atoms with van der Waals surface area (Å²) in [6.07, 6.45) is -1.22. The molecule has 1 aromatic rings. The predicted octanol–water partition coefficient (Wildman–Crippen LogP) is 2.80. The van der Waals surface area contributed by atoms with Crippen molar-refractivity contribution in [3.05, 3.63) is 26.6 Å². The number of nitrogens with zero attached hydrogens (tertiary/aromatic N) is 2. The van der Waals surface area contributed by atoms with Crippen LogP contribution in [0.5, 0.6) is 0 Å². The summed E-state index contributed by atoms with van der Waals surface area (Å²) >= 11 is 1.80. The van der Waals surface area contributed by atoms with Crippen LogP contribution in [0.3, 0.4) is 0 Å². The first-order chi connectivity index (χ1) is 6.07. The first-order valence-corrected chi connectivity index (χ1v) is 4.49. The first-order valence-electron chi connectivity index (χ1n) is 3.41. The van der Waals surface area contributed by atoms with E-state index in [2.05, 4.69) is 4.98 Å². The van der Waals surface area contributed by atoms with E-state index < -0.39 is 6.43 Å². The molecule has 68 valence electrons. The Hall–Kier alpha value is -0.770. The molecule has 0 saturated carbocycles. The Labute approximate surface area is 87.7 Å². The molecule has 13 heavy (non-hydrogen) atoms. The lowest BCUT2D eigenvalue weighted by molar-refractivity contribution is 0.149. The Bertz CT molecular complexity index is 371. The summed E-state index contributed by atoms with van der Waals surface area (Å²) in [6, 6.07) is 1.65. The average molecular weight is 294 g/mol. The van der Waals surface area contributed by atoms with Crippen molar-refractivity contribution in [2.24, 2.45) is 0 Å². The standard InChI is InChI=1S/C8H5F2IN2/c1-4-3-13-5(2-12)6(7(4)11)8(9)10/h3,8H,1H3. The zero-order chi connectivity index (χ0) is 10.0. The van der Waals surface area contributed by atoms with Gasteiger partial charge in [-0.05, 0) is 35.1 Å². The lowest BCUT2D eigenvalue weighted by Crippen LogP contribution is -2.00. The molecule has 0 amide bonds. The highest BCUT2D eigenvalue weighted by atomic mass is 127. The van der Waals surface area contributed by atoms with Crippen LogP contribution in [0.2, 0.25) is 0 Å². The van der Waals surface area contributed by atoms with Gasteiger partial charge >= 0.3 is 0 Å². The lowest BCUT2D eigenvalue weighted by Gasteiger charge is -2.06. The Balaban J connectivity index is 3.43. The molecule has 2 nitrogen and oxygen atoms in total. The van der Waals surface area contributed by atoms with E-state index in [1.54, 1.807) is 35.6 Å². The molecule has 0 saturated heterocycles. The summed E-state index contributed by atoms with van der Waals surface area (Å²) in [7, 11) is 0. The second kappa shape index (κ2) is 3.96. The number of pyridine rings is 1. The van der Waals surface area contributed by atoms with Crippen LogP contribution in [0, 0.1) is 21.8 Å². The molecule has 0 unspecified atom stereocenters. The van der Waals surface area contributed by atoms with Crippen molar-refractivity contribution in [2.45, 2.75) is 13.3 Å². The summed E-state index contributed by atoms with van der Waals surface area (Å²) < 4.78 is 25.3. The van der Waals surface area contributed by atoms with Gasteiger partial charge in [0.2, 0.25) is 0 Å². The van der Waals surface area contributed by atoms with Crippen LogP contribution in [0.25, 0.3) is 0 Å². The number of rotatable bonds is 1. The summed E-state index contributed by atoms with van der Waals surface area (Å²) in [4.78, 5) is 3.63. The van der Waals surface area contributed by atoms with Gasteiger partial charge in [0.15, 0.2) is 0 Å². The molecule has 0 aliphatic heterocycles. The monoisotopic (exact) mass is 294 g/mol. The molecule has 0 aromatic carbocycles. The van der Waals surface area contributed by atoms with Gasteiger partial charge in [0, 0.05) is 9.77 Å². The summed E-state index contributed by atoms with van der Waals surface area (Å²) in [5.74, 6) is 0. The Morgan fingerprint density at radius 1 is 1.62 bits per heavy atom. The van der Waals surface area contributed by atoms with E-state index >= 15 is 0 Å². The maximum Gasteiger partial charge on any atom is 0.267 e. The number of hydrogen-bond acceptors (Lipinski definition) is 2. The molecule has 0 aliphatic rings. The van der Waals surface area contributed by atoms with Gasteiger partial charge in [-0.3, -0.25) is 0 Å². The number of aromatic nitrogens is 1. The lowest BCUT2D eigenvalue weighted by atomic mass is 10.1. The molecule has 0 spiro atoms. The van der Waals surface area contributed by atoms with Gasteiger partial charge in [-0.1, -0.05) is 0 Å². The van der Waals surface area contributed by atoms with Crippen molar-refractivity contribution in [2.75, 3.05) is 0 Å². The fourth-order valence-electron chi connectivity index (χ4n) is 0.892. The molecule has 5 heteroatoms. The van der Waals surface area contributed by atoms with Gasteiger partial charge in [-0.15, -0.1) is 0 Å². The molecule has 0 fully saturated rings. The normalized spacial score (nSPS) is 10.2. The van der Waals surface area contributed by atoms with E-state index in [1.807, 2.05) is 0 Å². The number of hydrogen-bond donors (Lipinski definition) is 0. The van der Waals surface area contributed by atoms with E-state index in [9.17, 15) is 8.78 Å². The van der Waals surface area contributed by atoms with Gasteiger partial charge in [-0.2, -0.15) is 5.26 Å². The van der Waals surface area contributed by atoms with E-state index in [4.69, 9.17) is 5.26 Å². The van der Waals surface area contributed by atoms with E-state index in [0.29, 0.717) is 9.13 Å². The minimum absolute atomic E-state index is 0.190. The van der Waals surface area contributed by atoms with Gasteiger partial charge in [-0.25, -0.2) is 13.8 Å². The Morgan fingerprint density at radius 3 is 2.69 bits per heavy atom. The van der Waals surface area contributed by atoms with Crippen LogP contribution >= 0.6 is 22.6 Å². The zero-order valence-corrected chi connectivity index (χ0v) is 8.84. The molecule has 0 N–H and O–H groups in total. The van der Waals surface area contributed by atoms with Gasteiger partial charge in [0.1, 0.15) is 11.8 Å². The SMILES string of the molecule is Cc1cnc(C#N)c(C(F)F)c1I. The van der Waals surface area contributed by atoms with Crippen LogP contribution in [-0.2, 0) is 0 Å². The minimum Gasteiger partial charge on any atom is -0.245 e. The number of alkyl halides is 2. The van der Waals surface area contributed by atoms with Gasteiger partial charge in [0.25, 0.3) is 6.43 Å². The highest BCUT2D eigenvalue weighted by molar-refractivity contribution is 14.1. The molecular weight excluding hydrogens is 289 g/mol. The topological polar surface area (TPSA) is 36.7 Å². The molecule has 1 heterocycles. The van der Waals surface area contributed by atoms with E-state index in [1.165, 1.54) is 6.20 Å². The predicted molar refractivity (Wildman–Crippen MR) is 51.4 cm³/mol. The van der Waals surface area contributed by atoms with Crippen molar-refractivity contribution in [1.82, 2.24) is 4.98 Å². The molecule has 1 aromatic heterocycles. The van der Waals surface area contributed by atoms with Crippen molar-refractivity contribution in [1.29, 1.82) is 5.26 Å². The van der Waals surface area contributed by atoms with Crippen LogP contribution in [0.4, 0.5) is 8.78 Å². The van der Waals surface area contributed by atoms with Crippen LogP contribution in [0.1, 0.15) is 23.2 Å². The van der Waals surface area contributed by atoms with Crippen molar-refractivity contribution >= 4 is 22.6 Å². The van der Waals surface area contributed by atoms with E-state index in [0.717, 1.165) is 0 Å². The number of nitriles is 1. The third-order valence-electron chi connectivity index (χ3n) is 1.55. The summed E-state index contributed by atoms with van der Waals surface area (Å²) in [6.45, 7) is 1.68. The Morgan fingerprint density at radius 2 is 2.23 bits per heavy atom. The minimum atomic E-state index is -2.64. The van der Waals surface area contributed by atoms with Crippen LogP contribution in [-0.4, -0.2) is 4.98 Å². The summed E-state index contributed by atoms with van der Waals surface area (Å²) in [5.41, 5.74) is 0.211. The number of halogens is 3. The molecule has 0 radical (unpaired) electrons. The van der Waals surface area contributed by atoms with Crippen LogP contribution in [0.15, 0.2) is 6.20 Å². The van der Waals surface area contributed by atoms with Gasteiger partial charge < -0.3 is 0 Å². The third-order valence-corrected chi connectivity index (χ3v) is 2.98. The second-order valence-electron chi connectivity index (χ2n) is 2.43. The van der Waals surface area contributed by atoms with E-state index in [-0.39, 0.29) is 11.3 Å². The number of aryl methyl sites for hydroxylation is 1. The molecule has 0 bridgehead atoms. The fraction of sp³-hybridized carbons (Fsp3) is 0.250. The molecule has 1 rings (SSSR count). The van der Waals surface area contributed by atoms with Gasteiger partial charge in [0.05, 0.1) is 5.56 Å². The highest BCUT2D eigenvalue weighted by Crippen LogP contribution is 2.28. The highest BCUT2D eigenvalue weighted by Gasteiger charge is 2.19. The maximum absolute atomic E-state index is 12.5. The largest absolute Gasteiger partial charge is 0.267 e. The molecule has 0 atom stereocenters. The molecular formula is C8H5F2IN2. The second-order valence-corrected chi connectivity index (χ2v) is 3.51. The summed E-state index contributed by atoms with van der Waals surface area (Å²) in [5, 5.41) is 8.53.